The van der Waals surface area contributed by atoms with Crippen molar-refractivity contribution in [3.05, 3.63) is 53.6 Å². The van der Waals surface area contributed by atoms with Gasteiger partial charge in [0.2, 0.25) is 0 Å². The maximum Gasteiger partial charge on any atom is 0.259 e. The van der Waals surface area contributed by atoms with E-state index in [1.807, 2.05) is 24.3 Å². The maximum absolute atomic E-state index is 12.3. The lowest BCUT2D eigenvalue weighted by Crippen LogP contribution is -2.36. The van der Waals surface area contributed by atoms with Gasteiger partial charge in [0.25, 0.3) is 5.91 Å². The van der Waals surface area contributed by atoms with Crippen LogP contribution in [-0.4, -0.2) is 37.3 Å². The molecule has 2 aromatic carbocycles. The molecule has 1 fully saturated rings. The molecule has 2 N–H and O–H groups in total. The van der Waals surface area contributed by atoms with Crippen LogP contribution in [0.25, 0.3) is 0 Å². The number of hydrogen-bond donors (Lipinski definition) is 2. The number of para-hydroxylation sites is 1. The molecule has 1 aliphatic rings. The first-order chi connectivity index (χ1) is 11.1. The first kappa shape index (κ1) is 15.4. The van der Waals surface area contributed by atoms with Crippen LogP contribution in [0.4, 0.5) is 11.4 Å². The molecule has 0 unspecified atom stereocenters. The molecule has 0 aromatic heterocycles. The van der Waals surface area contributed by atoms with E-state index < -0.39 is 0 Å². The van der Waals surface area contributed by atoms with E-state index in [9.17, 15) is 9.90 Å². The summed E-state index contributed by atoms with van der Waals surface area (Å²) in [6.07, 6.45) is 0. The molecule has 1 heterocycles. The van der Waals surface area contributed by atoms with Gasteiger partial charge in [0.1, 0.15) is 5.75 Å². The Morgan fingerprint density at radius 2 is 1.83 bits per heavy atom. The van der Waals surface area contributed by atoms with Crippen LogP contribution < -0.4 is 10.2 Å². The largest absolute Gasteiger partial charge is 0.507 e. The third-order valence-electron chi connectivity index (χ3n) is 3.98. The van der Waals surface area contributed by atoms with E-state index in [-0.39, 0.29) is 17.2 Å². The van der Waals surface area contributed by atoms with Crippen molar-refractivity contribution in [1.29, 1.82) is 0 Å². The van der Waals surface area contributed by atoms with Gasteiger partial charge in [0, 0.05) is 24.5 Å². The second-order valence-electron chi connectivity index (χ2n) is 5.57. The predicted octanol–water partition coefficient (Wildman–Crippen LogP) is 2.79. The zero-order chi connectivity index (χ0) is 16.2. The van der Waals surface area contributed by atoms with Crippen LogP contribution in [0.5, 0.6) is 5.75 Å². The minimum absolute atomic E-state index is 0.0231. The highest BCUT2D eigenvalue weighted by Gasteiger charge is 2.14. The topological polar surface area (TPSA) is 61.8 Å². The zero-order valence-corrected chi connectivity index (χ0v) is 13.1. The molecule has 1 aliphatic heterocycles. The quantitative estimate of drug-likeness (QED) is 0.915. The van der Waals surface area contributed by atoms with Crippen LogP contribution in [0.15, 0.2) is 42.5 Å². The Morgan fingerprint density at radius 3 is 2.52 bits per heavy atom. The van der Waals surface area contributed by atoms with Crippen molar-refractivity contribution in [3.8, 4) is 5.75 Å². The Balaban J connectivity index is 1.70. The lowest BCUT2D eigenvalue weighted by molar-refractivity contribution is 0.102. The van der Waals surface area contributed by atoms with Gasteiger partial charge in [0.05, 0.1) is 18.8 Å². The fraction of sp³-hybridized carbons (Fsp3) is 0.278. The molecule has 0 spiro atoms. The number of carbonyl (C=O) groups is 1. The summed E-state index contributed by atoms with van der Waals surface area (Å²) >= 11 is 0. The second-order valence-corrected chi connectivity index (χ2v) is 5.57. The average molecular weight is 312 g/mol. The van der Waals surface area contributed by atoms with E-state index >= 15 is 0 Å². The SMILES string of the molecule is Cc1cccc(C(=O)Nc2ccc(N3CCOCC3)cc2)c1O. The Hall–Kier alpha value is -2.53. The Kier molecular flexibility index (Phi) is 4.48. The molecular formula is C18H20N2O3. The van der Waals surface area contributed by atoms with Crippen LogP contribution in [0.1, 0.15) is 15.9 Å². The molecule has 0 bridgehead atoms. The Labute approximate surface area is 135 Å². The third kappa shape index (κ3) is 3.46. The number of rotatable bonds is 3. The molecule has 23 heavy (non-hydrogen) atoms. The smallest absolute Gasteiger partial charge is 0.259 e. The minimum Gasteiger partial charge on any atom is -0.507 e. The number of hydrogen-bond acceptors (Lipinski definition) is 4. The highest BCUT2D eigenvalue weighted by atomic mass is 16.5. The van der Waals surface area contributed by atoms with Crippen molar-refractivity contribution in [2.75, 3.05) is 36.5 Å². The zero-order valence-electron chi connectivity index (χ0n) is 13.1. The molecule has 0 radical (unpaired) electrons. The molecule has 0 saturated carbocycles. The summed E-state index contributed by atoms with van der Waals surface area (Å²) < 4.78 is 5.35. The van der Waals surface area contributed by atoms with Crippen LogP contribution in [0.2, 0.25) is 0 Å². The summed E-state index contributed by atoms with van der Waals surface area (Å²) in [6.45, 7) is 5.01. The lowest BCUT2D eigenvalue weighted by Gasteiger charge is -2.28. The number of aryl methyl sites for hydroxylation is 1. The number of phenolic OH excluding ortho intramolecular Hbond substituents is 1. The summed E-state index contributed by atoms with van der Waals surface area (Å²) in [5, 5.41) is 12.8. The number of benzene rings is 2. The Morgan fingerprint density at radius 1 is 1.13 bits per heavy atom. The molecule has 1 saturated heterocycles. The Bertz CT molecular complexity index is 692. The van der Waals surface area contributed by atoms with E-state index in [0.29, 0.717) is 11.3 Å². The van der Waals surface area contributed by atoms with Crippen molar-refractivity contribution in [2.24, 2.45) is 0 Å². The molecule has 3 rings (SSSR count). The van der Waals surface area contributed by atoms with E-state index in [4.69, 9.17) is 4.74 Å². The molecular weight excluding hydrogens is 292 g/mol. The molecule has 2 aromatic rings. The molecule has 0 atom stereocenters. The second kappa shape index (κ2) is 6.71. The van der Waals surface area contributed by atoms with Crippen molar-refractivity contribution >= 4 is 17.3 Å². The first-order valence-corrected chi connectivity index (χ1v) is 7.68. The fourth-order valence-corrected chi connectivity index (χ4v) is 2.62. The highest BCUT2D eigenvalue weighted by Crippen LogP contribution is 2.23. The summed E-state index contributed by atoms with van der Waals surface area (Å²) in [4.78, 5) is 14.5. The van der Waals surface area contributed by atoms with Crippen molar-refractivity contribution in [1.82, 2.24) is 0 Å². The summed E-state index contributed by atoms with van der Waals surface area (Å²) in [5.74, 6) is -0.291. The number of amides is 1. The van der Waals surface area contributed by atoms with Crippen molar-refractivity contribution in [2.45, 2.75) is 6.92 Å². The van der Waals surface area contributed by atoms with Gasteiger partial charge in [-0.1, -0.05) is 12.1 Å². The number of phenols is 1. The molecule has 5 heteroatoms. The van der Waals surface area contributed by atoms with Crippen molar-refractivity contribution in [3.63, 3.8) is 0 Å². The minimum atomic E-state index is -0.315. The molecule has 120 valence electrons. The van der Waals surface area contributed by atoms with Gasteiger partial charge in [-0.25, -0.2) is 0 Å². The van der Waals surface area contributed by atoms with Crippen LogP contribution in [0.3, 0.4) is 0 Å². The fourth-order valence-electron chi connectivity index (χ4n) is 2.62. The van der Waals surface area contributed by atoms with Gasteiger partial charge in [-0.05, 0) is 42.8 Å². The van der Waals surface area contributed by atoms with Gasteiger partial charge >= 0.3 is 0 Å². The van der Waals surface area contributed by atoms with Gasteiger partial charge in [-0.3, -0.25) is 4.79 Å². The van der Waals surface area contributed by atoms with Gasteiger partial charge in [0.15, 0.2) is 0 Å². The monoisotopic (exact) mass is 312 g/mol. The van der Waals surface area contributed by atoms with E-state index in [2.05, 4.69) is 10.2 Å². The number of nitrogens with one attached hydrogen (secondary N) is 1. The lowest BCUT2D eigenvalue weighted by atomic mass is 10.1. The van der Waals surface area contributed by atoms with Crippen LogP contribution >= 0.6 is 0 Å². The predicted molar refractivity (Wildman–Crippen MR) is 90.3 cm³/mol. The van der Waals surface area contributed by atoms with Gasteiger partial charge in [-0.2, -0.15) is 0 Å². The van der Waals surface area contributed by atoms with E-state index in [1.165, 1.54) is 0 Å². The van der Waals surface area contributed by atoms with E-state index in [0.717, 1.165) is 32.0 Å². The summed E-state index contributed by atoms with van der Waals surface area (Å²) in [5.41, 5.74) is 2.78. The van der Waals surface area contributed by atoms with Gasteiger partial charge < -0.3 is 20.1 Å². The molecule has 5 nitrogen and oxygen atoms in total. The van der Waals surface area contributed by atoms with E-state index in [1.54, 1.807) is 25.1 Å². The molecule has 1 amide bonds. The number of aromatic hydroxyl groups is 1. The molecule has 0 aliphatic carbocycles. The summed E-state index contributed by atoms with van der Waals surface area (Å²) in [6, 6.07) is 12.8. The number of ether oxygens (including phenoxy) is 1. The van der Waals surface area contributed by atoms with Crippen LogP contribution in [-0.2, 0) is 4.74 Å². The number of morpholine rings is 1. The average Bonchev–Trinajstić information content (AvgIpc) is 2.59. The third-order valence-corrected chi connectivity index (χ3v) is 3.98. The van der Waals surface area contributed by atoms with Crippen molar-refractivity contribution < 1.29 is 14.6 Å². The standard InChI is InChI=1S/C18H20N2O3/c1-13-3-2-4-16(17(13)21)18(22)19-14-5-7-15(8-6-14)20-9-11-23-12-10-20/h2-8,21H,9-12H2,1H3,(H,19,22). The number of anilines is 2. The highest BCUT2D eigenvalue weighted by molar-refractivity contribution is 6.06. The van der Waals surface area contributed by atoms with Crippen LogP contribution in [0, 0.1) is 6.92 Å². The normalized spacial score (nSPS) is 14.6. The number of carbonyl (C=O) groups excluding carboxylic acids is 1. The summed E-state index contributed by atoms with van der Waals surface area (Å²) in [7, 11) is 0. The first-order valence-electron chi connectivity index (χ1n) is 7.68. The maximum atomic E-state index is 12.3. The van der Waals surface area contributed by atoms with Gasteiger partial charge in [-0.15, -0.1) is 0 Å². The number of nitrogens with zero attached hydrogens (tertiary/aromatic N) is 1.